The molecule has 176 valence electrons. The first-order chi connectivity index (χ1) is 16.3. The molecule has 12 heteroatoms. The lowest BCUT2D eigenvalue weighted by molar-refractivity contribution is 0.0999. The summed E-state index contributed by atoms with van der Waals surface area (Å²) in [7, 11) is -3.92. The van der Waals surface area contributed by atoms with Gasteiger partial charge in [-0.15, -0.1) is 0 Å². The summed E-state index contributed by atoms with van der Waals surface area (Å²) in [5, 5.41) is 14.1. The van der Waals surface area contributed by atoms with E-state index in [0.29, 0.717) is 65.9 Å². The molecule has 2 aromatic heterocycles. The molecule has 0 saturated carbocycles. The summed E-state index contributed by atoms with van der Waals surface area (Å²) in [5.74, 6) is 0.902. The van der Waals surface area contributed by atoms with Gasteiger partial charge in [-0.05, 0) is 24.3 Å². The van der Waals surface area contributed by atoms with Crippen LogP contribution in [0.3, 0.4) is 0 Å². The van der Waals surface area contributed by atoms with Gasteiger partial charge in [0.2, 0.25) is 5.89 Å². The highest BCUT2D eigenvalue weighted by molar-refractivity contribution is 7.90. The van der Waals surface area contributed by atoms with E-state index in [0.717, 1.165) is 4.09 Å². The van der Waals surface area contributed by atoms with E-state index >= 15 is 0 Å². The zero-order valence-electron chi connectivity index (χ0n) is 17.8. The molecule has 0 spiro atoms. The quantitative estimate of drug-likeness (QED) is 0.441. The average molecular weight is 502 g/mol. The number of rotatable bonds is 5. The number of benzene rings is 2. The van der Waals surface area contributed by atoms with Crippen molar-refractivity contribution in [3.8, 4) is 11.5 Å². The summed E-state index contributed by atoms with van der Waals surface area (Å²) in [6.45, 7) is 2.52. The molecule has 1 amide bonds. The SMILES string of the molecule is O=C(O)N1CCN(Cc2cnc(-c3cc(Cl)cc4c3cnn4S(=O)(=O)c3ccccc3)o2)CC1. The molecule has 34 heavy (non-hydrogen) atoms. The van der Waals surface area contributed by atoms with Gasteiger partial charge in [0.15, 0.2) is 0 Å². The molecular weight excluding hydrogens is 482 g/mol. The molecular formula is C22H20ClN5O5S. The molecule has 1 fully saturated rings. The number of piperazine rings is 1. The fourth-order valence-corrected chi connectivity index (χ4v) is 5.45. The first-order valence-corrected chi connectivity index (χ1v) is 12.3. The number of halogens is 1. The summed E-state index contributed by atoms with van der Waals surface area (Å²) in [6, 6.07) is 11.2. The predicted molar refractivity (Wildman–Crippen MR) is 124 cm³/mol. The Bertz CT molecular complexity index is 1460. The van der Waals surface area contributed by atoms with Gasteiger partial charge in [-0.1, -0.05) is 29.8 Å². The Morgan fingerprint density at radius 2 is 1.82 bits per heavy atom. The number of carbonyl (C=O) groups is 1. The minimum Gasteiger partial charge on any atom is -0.465 e. The van der Waals surface area contributed by atoms with Crippen LogP contribution in [0, 0.1) is 0 Å². The smallest absolute Gasteiger partial charge is 0.407 e. The van der Waals surface area contributed by atoms with Crippen LogP contribution in [0.5, 0.6) is 0 Å². The van der Waals surface area contributed by atoms with Crippen LogP contribution in [0.15, 0.2) is 64.2 Å². The van der Waals surface area contributed by atoms with Crippen molar-refractivity contribution in [1.82, 2.24) is 24.0 Å². The van der Waals surface area contributed by atoms with Crippen molar-refractivity contribution in [2.45, 2.75) is 11.4 Å². The third kappa shape index (κ3) is 4.13. The number of carboxylic acid groups (broad SMARTS) is 1. The van der Waals surface area contributed by atoms with Crippen LogP contribution in [0.25, 0.3) is 22.4 Å². The van der Waals surface area contributed by atoms with Crippen LogP contribution in [-0.2, 0) is 16.6 Å². The highest BCUT2D eigenvalue weighted by atomic mass is 35.5. The van der Waals surface area contributed by atoms with E-state index in [1.807, 2.05) is 0 Å². The van der Waals surface area contributed by atoms with Gasteiger partial charge in [0.1, 0.15) is 5.76 Å². The summed E-state index contributed by atoms with van der Waals surface area (Å²) in [6.07, 6.45) is 2.15. The topological polar surface area (TPSA) is 122 Å². The highest BCUT2D eigenvalue weighted by Gasteiger charge is 2.24. The van der Waals surface area contributed by atoms with E-state index in [4.69, 9.17) is 21.1 Å². The maximum absolute atomic E-state index is 13.1. The first kappa shape index (κ1) is 22.4. The number of hydrogen-bond donors (Lipinski definition) is 1. The molecule has 1 aliphatic heterocycles. The molecule has 5 rings (SSSR count). The van der Waals surface area contributed by atoms with Crippen LogP contribution in [0.1, 0.15) is 5.76 Å². The Kier molecular flexibility index (Phi) is 5.76. The van der Waals surface area contributed by atoms with Crippen molar-refractivity contribution in [3.63, 3.8) is 0 Å². The van der Waals surface area contributed by atoms with Gasteiger partial charge in [0.05, 0.1) is 29.4 Å². The Hall–Kier alpha value is -3.41. The van der Waals surface area contributed by atoms with Crippen LogP contribution >= 0.6 is 11.6 Å². The highest BCUT2D eigenvalue weighted by Crippen LogP contribution is 2.33. The molecule has 4 aromatic rings. The minimum absolute atomic E-state index is 0.114. The van der Waals surface area contributed by atoms with Crippen molar-refractivity contribution in [2.75, 3.05) is 26.2 Å². The van der Waals surface area contributed by atoms with Gasteiger partial charge in [0.25, 0.3) is 10.0 Å². The van der Waals surface area contributed by atoms with E-state index in [1.54, 1.807) is 36.5 Å². The maximum Gasteiger partial charge on any atom is 0.407 e. The molecule has 10 nitrogen and oxygen atoms in total. The molecule has 0 radical (unpaired) electrons. The van der Waals surface area contributed by atoms with E-state index in [1.165, 1.54) is 23.2 Å². The summed E-state index contributed by atoms with van der Waals surface area (Å²) in [4.78, 5) is 19.0. The lowest BCUT2D eigenvalue weighted by Crippen LogP contribution is -2.47. The number of nitrogens with zero attached hydrogens (tertiary/aromatic N) is 5. The van der Waals surface area contributed by atoms with Crippen molar-refractivity contribution in [1.29, 1.82) is 0 Å². The van der Waals surface area contributed by atoms with Crippen LogP contribution < -0.4 is 0 Å². The maximum atomic E-state index is 13.1. The Balaban J connectivity index is 1.44. The summed E-state index contributed by atoms with van der Waals surface area (Å²) < 4.78 is 33.2. The normalized spacial score (nSPS) is 15.1. The fourth-order valence-electron chi connectivity index (χ4n) is 3.95. The van der Waals surface area contributed by atoms with Crippen molar-refractivity contribution < 1.29 is 22.7 Å². The molecule has 0 atom stereocenters. The Morgan fingerprint density at radius 3 is 2.53 bits per heavy atom. The molecule has 1 saturated heterocycles. The van der Waals surface area contributed by atoms with Gasteiger partial charge >= 0.3 is 6.09 Å². The van der Waals surface area contributed by atoms with Gasteiger partial charge in [-0.3, -0.25) is 4.90 Å². The first-order valence-electron chi connectivity index (χ1n) is 10.5. The number of oxazole rings is 1. The molecule has 3 heterocycles. The third-order valence-electron chi connectivity index (χ3n) is 5.70. The van der Waals surface area contributed by atoms with E-state index in [2.05, 4.69) is 15.0 Å². The second-order valence-corrected chi connectivity index (χ2v) is 10.1. The Labute approximate surface area is 200 Å². The Morgan fingerprint density at radius 1 is 1.09 bits per heavy atom. The lowest BCUT2D eigenvalue weighted by Gasteiger charge is -2.32. The van der Waals surface area contributed by atoms with Gasteiger partial charge in [-0.25, -0.2) is 9.78 Å². The number of aromatic nitrogens is 3. The molecule has 0 bridgehead atoms. The standard InChI is InChI=1S/C22H20ClN5O5S/c23-15-10-18(21-24-12-16(33-21)14-26-6-8-27(9-7-26)22(29)30)19-13-25-28(20(19)11-15)34(31,32)17-4-2-1-3-5-17/h1-5,10-13H,6-9,14H2,(H,29,30). The zero-order chi connectivity index (χ0) is 23.9. The molecule has 1 aliphatic rings. The van der Waals surface area contributed by atoms with E-state index in [-0.39, 0.29) is 4.90 Å². The van der Waals surface area contributed by atoms with Crippen molar-refractivity contribution in [2.24, 2.45) is 0 Å². The predicted octanol–water partition coefficient (Wildman–Crippen LogP) is 3.38. The molecule has 2 aromatic carbocycles. The average Bonchev–Trinajstić information content (AvgIpc) is 3.47. The monoisotopic (exact) mass is 501 g/mol. The van der Waals surface area contributed by atoms with E-state index < -0.39 is 16.1 Å². The van der Waals surface area contributed by atoms with Crippen LogP contribution in [-0.4, -0.2) is 69.8 Å². The summed E-state index contributed by atoms with van der Waals surface area (Å²) in [5.41, 5.74) is 0.842. The number of fused-ring (bicyclic) bond motifs is 1. The second kappa shape index (κ2) is 8.75. The molecule has 1 N–H and O–H groups in total. The second-order valence-electron chi connectivity index (χ2n) is 7.87. The lowest BCUT2D eigenvalue weighted by atomic mass is 10.1. The number of hydrogen-bond acceptors (Lipinski definition) is 7. The van der Waals surface area contributed by atoms with Crippen molar-refractivity contribution in [3.05, 3.63) is 65.6 Å². The fraction of sp³-hybridized carbons (Fsp3) is 0.227. The van der Waals surface area contributed by atoms with E-state index in [9.17, 15) is 13.2 Å². The zero-order valence-corrected chi connectivity index (χ0v) is 19.4. The van der Waals surface area contributed by atoms with Crippen LogP contribution in [0.2, 0.25) is 5.02 Å². The largest absolute Gasteiger partial charge is 0.465 e. The van der Waals surface area contributed by atoms with Gasteiger partial charge in [0, 0.05) is 42.2 Å². The third-order valence-corrected chi connectivity index (χ3v) is 7.53. The molecule has 0 aliphatic carbocycles. The van der Waals surface area contributed by atoms with Crippen LogP contribution in [0.4, 0.5) is 4.79 Å². The molecule has 0 unspecified atom stereocenters. The minimum atomic E-state index is -3.92. The van der Waals surface area contributed by atoms with Crippen molar-refractivity contribution >= 4 is 38.6 Å². The number of amides is 1. The summed E-state index contributed by atoms with van der Waals surface area (Å²) >= 11 is 6.33. The van der Waals surface area contributed by atoms with Gasteiger partial charge < -0.3 is 14.4 Å². The van der Waals surface area contributed by atoms with Gasteiger partial charge in [-0.2, -0.15) is 17.6 Å².